The number of carbonyl (C=O) groups excluding carboxylic acids is 2. The molecule has 0 bridgehead atoms. The smallest absolute Gasteiger partial charge is 0.306 e. The van der Waals surface area contributed by atoms with Crippen LogP contribution in [0.25, 0.3) is 0 Å². The zero-order valence-electron chi connectivity index (χ0n) is 47.0. The van der Waals surface area contributed by atoms with Crippen LogP contribution in [0, 0.1) is 0 Å². The van der Waals surface area contributed by atoms with Gasteiger partial charge in [-0.1, -0.05) is 249 Å². The third kappa shape index (κ3) is 38.8. The summed E-state index contributed by atoms with van der Waals surface area (Å²) in [6.45, 7) is 5.76. The van der Waals surface area contributed by atoms with Gasteiger partial charge in [-0.25, -0.2) is 0 Å². The number of hydrogen-bond donors (Lipinski definition) is 6. The van der Waals surface area contributed by atoms with Gasteiger partial charge in [0.05, 0.1) is 25.4 Å². The van der Waals surface area contributed by atoms with Crippen molar-refractivity contribution < 1.29 is 49.3 Å². The van der Waals surface area contributed by atoms with Crippen molar-refractivity contribution in [2.75, 3.05) is 13.2 Å². The van der Waals surface area contributed by atoms with Gasteiger partial charge in [-0.3, -0.25) is 9.59 Å². The zero-order valence-corrected chi connectivity index (χ0v) is 47.0. The lowest BCUT2D eigenvalue weighted by Gasteiger charge is -2.41. The van der Waals surface area contributed by atoms with Crippen LogP contribution in [-0.2, 0) is 23.8 Å². The first-order chi connectivity index (χ1) is 35.7. The number of nitrogens with one attached hydrogen (secondary N) is 1. The van der Waals surface area contributed by atoms with E-state index in [-0.39, 0.29) is 13.0 Å². The second-order valence-corrected chi connectivity index (χ2v) is 21.1. The fourth-order valence-corrected chi connectivity index (χ4v) is 9.36. The van der Waals surface area contributed by atoms with Crippen LogP contribution in [0.4, 0.5) is 0 Å². The minimum Gasteiger partial charge on any atom is -0.454 e. The van der Waals surface area contributed by atoms with Gasteiger partial charge in [0.25, 0.3) is 0 Å². The Morgan fingerprint density at radius 1 is 0.534 bits per heavy atom. The van der Waals surface area contributed by atoms with Gasteiger partial charge in [-0.05, 0) is 64.2 Å². The van der Waals surface area contributed by atoms with E-state index in [2.05, 4.69) is 62.5 Å². The minimum absolute atomic E-state index is 0.110. The summed E-state index contributed by atoms with van der Waals surface area (Å²) in [5.41, 5.74) is 0. The molecule has 1 heterocycles. The Kier molecular flexibility index (Phi) is 47.4. The molecule has 1 saturated heterocycles. The lowest BCUT2D eigenvalue weighted by molar-refractivity contribution is -0.305. The summed E-state index contributed by atoms with van der Waals surface area (Å²) >= 11 is 0. The number of aliphatic hydroxyl groups is 5. The highest BCUT2D eigenvalue weighted by atomic mass is 16.7. The molecule has 0 saturated carbocycles. The van der Waals surface area contributed by atoms with Gasteiger partial charge >= 0.3 is 5.97 Å². The fraction of sp³-hybridized carbons (Fsp3) is 0.839. The van der Waals surface area contributed by atoms with Crippen LogP contribution < -0.4 is 5.32 Å². The Balaban J connectivity index is 2.69. The molecule has 11 nitrogen and oxygen atoms in total. The van der Waals surface area contributed by atoms with E-state index in [1.165, 1.54) is 135 Å². The molecule has 8 unspecified atom stereocenters. The number of hydrogen-bond acceptors (Lipinski definition) is 10. The molecule has 0 aromatic carbocycles. The Hall–Kier alpha value is -2.38. The van der Waals surface area contributed by atoms with Crippen molar-refractivity contribution in [2.45, 2.75) is 320 Å². The standard InChI is InChI=1S/C62H113NO10/c1-4-7-10-13-16-19-22-25-26-27-28-29-30-32-35-38-41-44-47-50-57(67)73-60-59(69)58(68)56(51-64)72-62(60)71-52-53(54(65)48-45-42-39-36-33-24-21-18-15-12-9-6-3)63-61(70)55(66)49-46-43-40-37-34-31-23-20-17-14-11-8-5-2/h16,19,25-26,28-29,45,48,53-56,58-60,62,64-66,68-69H,4-15,17-18,20-24,27,30-44,46-47,49-52H2,1-3H3,(H,63,70)/b19-16-,26-25-,29-28-,48-45+. The van der Waals surface area contributed by atoms with Crippen molar-refractivity contribution in [2.24, 2.45) is 0 Å². The van der Waals surface area contributed by atoms with E-state index in [0.717, 1.165) is 89.9 Å². The van der Waals surface area contributed by atoms with Crippen molar-refractivity contribution in [3.05, 3.63) is 48.6 Å². The predicted octanol–water partition coefficient (Wildman–Crippen LogP) is 14.1. The first-order valence-electron chi connectivity index (χ1n) is 30.4. The summed E-state index contributed by atoms with van der Waals surface area (Å²) in [6, 6.07) is -1.02. The minimum atomic E-state index is -1.62. The molecule has 8 atom stereocenters. The largest absolute Gasteiger partial charge is 0.454 e. The van der Waals surface area contributed by atoms with Gasteiger partial charge < -0.3 is 45.1 Å². The molecule has 1 amide bonds. The number of esters is 1. The summed E-state index contributed by atoms with van der Waals surface area (Å²) in [5, 5.41) is 56.9. The van der Waals surface area contributed by atoms with E-state index >= 15 is 0 Å². The van der Waals surface area contributed by atoms with Crippen molar-refractivity contribution in [3.63, 3.8) is 0 Å². The van der Waals surface area contributed by atoms with Gasteiger partial charge in [0.15, 0.2) is 12.4 Å². The van der Waals surface area contributed by atoms with Crippen molar-refractivity contribution in [1.82, 2.24) is 5.32 Å². The average molecular weight is 1030 g/mol. The third-order valence-corrected chi connectivity index (χ3v) is 14.2. The van der Waals surface area contributed by atoms with Crippen LogP contribution in [0.2, 0.25) is 0 Å². The van der Waals surface area contributed by atoms with Gasteiger partial charge in [0.2, 0.25) is 5.91 Å². The SMILES string of the molecule is CCCCC/C=C\C/C=C\C/C=C\CCCCCCCCC(=O)OC1C(OCC(NC(=O)C(O)CCCCCCCCCCCCCCC)C(O)/C=C/CCCCCCCCCCCC)OC(CO)C(O)C1O. The molecule has 0 spiro atoms. The number of unbranched alkanes of at least 4 members (excludes halogenated alkanes) is 31. The number of rotatable bonds is 51. The Labute approximate surface area is 446 Å². The summed E-state index contributed by atoms with van der Waals surface area (Å²) in [6.07, 6.45) is 50.0. The molecular formula is C62H113NO10. The van der Waals surface area contributed by atoms with Crippen LogP contribution >= 0.6 is 0 Å². The maximum absolute atomic E-state index is 13.4. The highest BCUT2D eigenvalue weighted by Crippen LogP contribution is 2.26. The van der Waals surface area contributed by atoms with Crippen molar-refractivity contribution in [1.29, 1.82) is 0 Å². The topological polar surface area (TPSA) is 175 Å². The molecule has 0 aromatic rings. The predicted molar refractivity (Wildman–Crippen MR) is 301 cm³/mol. The average Bonchev–Trinajstić information content (AvgIpc) is 3.39. The molecule has 0 aliphatic carbocycles. The zero-order chi connectivity index (χ0) is 53.3. The molecule has 426 valence electrons. The number of allylic oxidation sites excluding steroid dienone is 7. The van der Waals surface area contributed by atoms with E-state index in [0.29, 0.717) is 19.3 Å². The number of amides is 1. The lowest BCUT2D eigenvalue weighted by Crippen LogP contribution is -2.61. The molecule has 11 heteroatoms. The molecule has 0 aromatic heterocycles. The summed E-state index contributed by atoms with van der Waals surface area (Å²) < 4.78 is 17.6. The van der Waals surface area contributed by atoms with E-state index < -0.39 is 67.4 Å². The second-order valence-electron chi connectivity index (χ2n) is 21.1. The number of carbonyl (C=O) groups is 2. The van der Waals surface area contributed by atoms with Crippen LogP contribution in [0.5, 0.6) is 0 Å². The molecular weight excluding hydrogens is 919 g/mol. The lowest BCUT2D eigenvalue weighted by atomic mass is 9.99. The molecule has 1 fully saturated rings. The molecule has 1 rings (SSSR count). The van der Waals surface area contributed by atoms with Gasteiger partial charge in [-0.15, -0.1) is 0 Å². The first kappa shape index (κ1) is 68.6. The Morgan fingerprint density at radius 2 is 0.945 bits per heavy atom. The highest BCUT2D eigenvalue weighted by Gasteiger charge is 2.47. The maximum atomic E-state index is 13.4. The van der Waals surface area contributed by atoms with Crippen LogP contribution in [0.1, 0.15) is 271 Å². The van der Waals surface area contributed by atoms with Crippen LogP contribution in [0.15, 0.2) is 48.6 Å². The van der Waals surface area contributed by atoms with Crippen LogP contribution in [-0.4, -0.2) is 99.6 Å². The number of aliphatic hydroxyl groups excluding tert-OH is 5. The van der Waals surface area contributed by atoms with E-state index in [9.17, 15) is 35.1 Å². The molecule has 1 aliphatic rings. The Bertz CT molecular complexity index is 1370. The third-order valence-electron chi connectivity index (χ3n) is 14.2. The van der Waals surface area contributed by atoms with Gasteiger partial charge in [0, 0.05) is 6.42 Å². The van der Waals surface area contributed by atoms with Crippen molar-refractivity contribution in [3.8, 4) is 0 Å². The van der Waals surface area contributed by atoms with E-state index in [1.54, 1.807) is 6.08 Å². The summed E-state index contributed by atoms with van der Waals surface area (Å²) in [5.74, 6) is -1.20. The molecule has 0 radical (unpaired) electrons. The molecule has 73 heavy (non-hydrogen) atoms. The second kappa shape index (κ2) is 50.4. The van der Waals surface area contributed by atoms with E-state index in [1.807, 2.05) is 6.08 Å². The van der Waals surface area contributed by atoms with E-state index in [4.69, 9.17) is 14.2 Å². The maximum Gasteiger partial charge on any atom is 0.306 e. The Morgan fingerprint density at radius 3 is 1.44 bits per heavy atom. The van der Waals surface area contributed by atoms with Crippen molar-refractivity contribution >= 4 is 11.9 Å². The quantitative estimate of drug-likeness (QED) is 0.0195. The molecule has 6 N–H and O–H groups in total. The number of ether oxygens (including phenoxy) is 3. The normalized spacial score (nSPS) is 19.7. The fourth-order valence-electron chi connectivity index (χ4n) is 9.36. The van der Waals surface area contributed by atoms with Gasteiger partial charge in [-0.2, -0.15) is 0 Å². The molecule has 1 aliphatic heterocycles. The highest BCUT2D eigenvalue weighted by molar-refractivity contribution is 5.80. The monoisotopic (exact) mass is 1030 g/mol. The van der Waals surface area contributed by atoms with Crippen LogP contribution in [0.3, 0.4) is 0 Å². The summed E-state index contributed by atoms with van der Waals surface area (Å²) in [7, 11) is 0. The summed E-state index contributed by atoms with van der Waals surface area (Å²) in [4.78, 5) is 26.5. The first-order valence-corrected chi connectivity index (χ1v) is 30.4. The van der Waals surface area contributed by atoms with Gasteiger partial charge in [0.1, 0.15) is 24.4 Å².